The molecule has 0 bridgehead atoms. The van der Waals surface area contributed by atoms with Crippen LogP contribution in [0.4, 0.5) is 5.69 Å². The van der Waals surface area contributed by atoms with Gasteiger partial charge in [0.2, 0.25) is 10.0 Å². The molecule has 0 heterocycles. The third-order valence-electron chi connectivity index (χ3n) is 2.24. The Hall–Kier alpha value is -1.66. The van der Waals surface area contributed by atoms with Crippen LogP contribution in [0.3, 0.4) is 0 Å². The molecule has 0 spiro atoms. The van der Waals surface area contributed by atoms with Gasteiger partial charge in [-0.25, -0.2) is 13.6 Å². The Balaban J connectivity index is 3.53. The average molecular weight is 254 g/mol. The molecule has 6 heteroatoms. The Morgan fingerprint density at radius 3 is 2.41 bits per heavy atom. The lowest BCUT2D eigenvalue weighted by Gasteiger charge is -2.14. The van der Waals surface area contributed by atoms with Gasteiger partial charge in [-0.2, -0.15) is 0 Å². The van der Waals surface area contributed by atoms with Gasteiger partial charge in [-0.3, -0.25) is 4.79 Å². The zero-order chi connectivity index (χ0) is 13.2. The van der Waals surface area contributed by atoms with E-state index in [1.807, 2.05) is 0 Å². The Kier molecular flexibility index (Phi) is 3.69. The second-order valence-electron chi connectivity index (χ2n) is 3.69. The lowest BCUT2D eigenvalue weighted by Crippen LogP contribution is -2.17. The second kappa shape index (κ2) is 4.68. The zero-order valence-electron chi connectivity index (χ0n) is 9.67. The van der Waals surface area contributed by atoms with E-state index >= 15 is 0 Å². The van der Waals surface area contributed by atoms with Crippen LogP contribution in [0.2, 0.25) is 0 Å². The minimum atomic E-state index is -3.92. The number of ketones is 1. The van der Waals surface area contributed by atoms with E-state index in [2.05, 4.69) is 6.58 Å². The van der Waals surface area contributed by atoms with Gasteiger partial charge in [0.15, 0.2) is 5.78 Å². The van der Waals surface area contributed by atoms with Crippen molar-refractivity contribution in [2.75, 3.05) is 19.0 Å². The number of nitrogens with zero attached hydrogens (tertiary/aromatic N) is 1. The fourth-order valence-corrected chi connectivity index (χ4v) is 2.07. The molecule has 0 radical (unpaired) electrons. The molecule has 0 saturated heterocycles. The maximum absolute atomic E-state index is 11.6. The SMILES string of the molecule is C=CC(=O)c1cc(N(C)C)ccc1S(N)(=O)=O. The number of carbonyl (C=O) groups excluding carboxylic acids is 1. The monoisotopic (exact) mass is 254 g/mol. The lowest BCUT2D eigenvalue weighted by atomic mass is 10.1. The second-order valence-corrected chi connectivity index (χ2v) is 5.22. The summed E-state index contributed by atoms with van der Waals surface area (Å²) in [5.74, 6) is -0.474. The van der Waals surface area contributed by atoms with Gasteiger partial charge < -0.3 is 4.90 Å². The predicted molar refractivity (Wildman–Crippen MR) is 66.7 cm³/mol. The predicted octanol–water partition coefficient (Wildman–Crippen LogP) is 0.769. The van der Waals surface area contributed by atoms with Crippen LogP contribution in [-0.4, -0.2) is 28.3 Å². The molecule has 2 N–H and O–H groups in total. The summed E-state index contributed by atoms with van der Waals surface area (Å²) in [6, 6.07) is 4.38. The topological polar surface area (TPSA) is 80.5 Å². The minimum absolute atomic E-state index is 0.0358. The molecule has 0 aromatic heterocycles. The Morgan fingerprint density at radius 1 is 1.41 bits per heavy atom. The van der Waals surface area contributed by atoms with Gasteiger partial charge in [-0.15, -0.1) is 0 Å². The molecule has 0 aliphatic carbocycles. The summed E-state index contributed by atoms with van der Waals surface area (Å²) >= 11 is 0. The van der Waals surface area contributed by atoms with E-state index in [1.165, 1.54) is 12.1 Å². The first-order valence-corrected chi connectivity index (χ1v) is 6.33. The summed E-state index contributed by atoms with van der Waals surface area (Å²) in [7, 11) is -0.347. The Bertz CT molecular complexity index is 562. The number of hydrogen-bond donors (Lipinski definition) is 1. The smallest absolute Gasteiger partial charge is 0.238 e. The zero-order valence-corrected chi connectivity index (χ0v) is 10.5. The van der Waals surface area contributed by atoms with Crippen LogP contribution in [0.1, 0.15) is 10.4 Å². The molecule has 1 aromatic carbocycles. The number of primary sulfonamides is 1. The minimum Gasteiger partial charge on any atom is -0.378 e. The first-order valence-electron chi connectivity index (χ1n) is 4.78. The molecule has 0 aliphatic heterocycles. The first kappa shape index (κ1) is 13.4. The number of anilines is 1. The normalized spacial score (nSPS) is 11.0. The molecule has 0 atom stereocenters. The molecule has 5 nitrogen and oxygen atoms in total. The van der Waals surface area contributed by atoms with Crippen molar-refractivity contribution in [2.45, 2.75) is 4.90 Å². The van der Waals surface area contributed by atoms with E-state index < -0.39 is 15.8 Å². The van der Waals surface area contributed by atoms with E-state index in [4.69, 9.17) is 5.14 Å². The highest BCUT2D eigenvalue weighted by atomic mass is 32.2. The number of benzene rings is 1. The number of allylic oxidation sites excluding steroid dienone is 1. The molecule has 1 aromatic rings. The van der Waals surface area contributed by atoms with Crippen LogP contribution in [0.25, 0.3) is 0 Å². The summed E-state index contributed by atoms with van der Waals surface area (Å²) in [5.41, 5.74) is 0.747. The number of nitrogens with two attached hydrogens (primary N) is 1. The summed E-state index contributed by atoms with van der Waals surface area (Å²) in [4.78, 5) is 13.2. The van der Waals surface area contributed by atoms with E-state index in [1.54, 1.807) is 25.1 Å². The van der Waals surface area contributed by atoms with Crippen LogP contribution in [0.15, 0.2) is 35.7 Å². The van der Waals surface area contributed by atoms with Gasteiger partial charge in [0, 0.05) is 25.3 Å². The fourth-order valence-electron chi connectivity index (χ4n) is 1.35. The van der Waals surface area contributed by atoms with Crippen LogP contribution >= 0.6 is 0 Å². The van der Waals surface area contributed by atoms with Gasteiger partial charge in [0.25, 0.3) is 0 Å². The Morgan fingerprint density at radius 2 is 2.00 bits per heavy atom. The molecule has 0 fully saturated rings. The standard InChI is InChI=1S/C11H14N2O3S/c1-4-10(14)9-7-8(13(2)3)5-6-11(9)17(12,15)16/h4-7H,1H2,2-3H3,(H2,12,15,16). The number of hydrogen-bond acceptors (Lipinski definition) is 4. The highest BCUT2D eigenvalue weighted by molar-refractivity contribution is 7.89. The van der Waals surface area contributed by atoms with Gasteiger partial charge in [0.05, 0.1) is 4.90 Å². The molecule has 17 heavy (non-hydrogen) atoms. The third-order valence-corrected chi connectivity index (χ3v) is 3.21. The van der Waals surface area contributed by atoms with Gasteiger partial charge >= 0.3 is 0 Å². The summed E-state index contributed by atoms with van der Waals surface area (Å²) < 4.78 is 22.7. The molecule has 0 unspecified atom stereocenters. The largest absolute Gasteiger partial charge is 0.378 e. The van der Waals surface area contributed by atoms with Crippen molar-refractivity contribution in [1.82, 2.24) is 0 Å². The van der Waals surface area contributed by atoms with Crippen molar-refractivity contribution in [3.63, 3.8) is 0 Å². The number of rotatable bonds is 4. The van der Waals surface area contributed by atoms with E-state index in [-0.39, 0.29) is 10.5 Å². The van der Waals surface area contributed by atoms with E-state index in [9.17, 15) is 13.2 Å². The highest BCUT2D eigenvalue weighted by Gasteiger charge is 2.18. The van der Waals surface area contributed by atoms with E-state index in [0.29, 0.717) is 5.69 Å². The lowest BCUT2D eigenvalue weighted by molar-refractivity contribution is 0.104. The van der Waals surface area contributed by atoms with Crippen molar-refractivity contribution in [3.8, 4) is 0 Å². The van der Waals surface area contributed by atoms with Gasteiger partial charge in [0.1, 0.15) is 0 Å². The molecular formula is C11H14N2O3S. The Labute approximate surface area is 101 Å². The van der Waals surface area contributed by atoms with Crippen molar-refractivity contribution >= 4 is 21.5 Å². The van der Waals surface area contributed by atoms with E-state index in [0.717, 1.165) is 6.08 Å². The molecule has 0 amide bonds. The van der Waals surface area contributed by atoms with Crippen LogP contribution in [-0.2, 0) is 10.0 Å². The summed E-state index contributed by atoms with van der Waals surface area (Å²) in [6.45, 7) is 3.34. The summed E-state index contributed by atoms with van der Waals surface area (Å²) in [6.07, 6.45) is 1.06. The maximum Gasteiger partial charge on any atom is 0.238 e. The highest BCUT2D eigenvalue weighted by Crippen LogP contribution is 2.21. The maximum atomic E-state index is 11.6. The molecule has 0 saturated carbocycles. The van der Waals surface area contributed by atoms with Crippen molar-refractivity contribution < 1.29 is 13.2 Å². The molecular weight excluding hydrogens is 240 g/mol. The third kappa shape index (κ3) is 2.92. The van der Waals surface area contributed by atoms with Crippen molar-refractivity contribution in [2.24, 2.45) is 5.14 Å². The molecule has 1 rings (SSSR count). The average Bonchev–Trinajstić information content (AvgIpc) is 2.25. The number of carbonyl (C=O) groups is 1. The molecule has 92 valence electrons. The quantitative estimate of drug-likeness (QED) is 0.635. The summed E-state index contributed by atoms with van der Waals surface area (Å²) in [5, 5.41) is 5.05. The van der Waals surface area contributed by atoms with Crippen molar-refractivity contribution in [1.29, 1.82) is 0 Å². The van der Waals surface area contributed by atoms with Crippen LogP contribution in [0, 0.1) is 0 Å². The van der Waals surface area contributed by atoms with Gasteiger partial charge in [-0.05, 0) is 24.3 Å². The fraction of sp³-hybridized carbons (Fsp3) is 0.182. The van der Waals surface area contributed by atoms with Crippen molar-refractivity contribution in [3.05, 3.63) is 36.4 Å². The van der Waals surface area contributed by atoms with Crippen LogP contribution in [0.5, 0.6) is 0 Å². The molecule has 0 aliphatic rings. The number of sulfonamides is 1. The van der Waals surface area contributed by atoms with Crippen LogP contribution < -0.4 is 10.0 Å². The van der Waals surface area contributed by atoms with Gasteiger partial charge in [-0.1, -0.05) is 6.58 Å². The first-order chi connectivity index (χ1) is 7.77.